The lowest BCUT2D eigenvalue weighted by Gasteiger charge is -2.21. The largest absolute Gasteiger partial charge is 0.461 e. The summed E-state index contributed by atoms with van der Waals surface area (Å²) in [7, 11) is 0. The fourth-order valence-corrected chi connectivity index (χ4v) is 11.1. The lowest BCUT2D eigenvalue weighted by molar-refractivity contribution is -0.147. The Bertz CT molecular complexity index is 2160. The van der Waals surface area contributed by atoms with Crippen LogP contribution in [0, 0.1) is 29.6 Å². The summed E-state index contributed by atoms with van der Waals surface area (Å²) in [5.41, 5.74) is 0. The van der Waals surface area contributed by atoms with Crippen molar-refractivity contribution >= 4 is 64.1 Å². The van der Waals surface area contributed by atoms with Gasteiger partial charge in [0.05, 0.1) is 43.7 Å². The zero-order valence-electron chi connectivity index (χ0n) is 51.4. The van der Waals surface area contributed by atoms with Crippen LogP contribution in [0.25, 0.3) is 0 Å². The average molecular weight is 1190 g/mol. The fraction of sp³-hybridized carbons (Fsp3) is 0.544. The van der Waals surface area contributed by atoms with Crippen LogP contribution in [0.5, 0.6) is 5.75 Å². The monoisotopic (exact) mass is 1190 g/mol. The Labute approximate surface area is 507 Å². The number of thioether (sulfide) groups is 4. The number of hydrogen-bond acceptors (Lipinski definition) is 13. The van der Waals surface area contributed by atoms with Crippen LogP contribution < -0.4 is 4.74 Å². The summed E-state index contributed by atoms with van der Waals surface area (Å²) in [5, 5.41) is 0.251. The number of allylic oxidation sites excluding steroid dienone is 3. The highest BCUT2D eigenvalue weighted by Crippen LogP contribution is 2.27. The molecular formula is C68H100O9S4. The van der Waals surface area contributed by atoms with Gasteiger partial charge in [0.15, 0.2) is 5.12 Å². The number of epoxide rings is 1. The van der Waals surface area contributed by atoms with Crippen LogP contribution in [0.1, 0.15) is 135 Å². The molecule has 0 N–H and O–H groups in total. The third kappa shape index (κ3) is 41.8. The van der Waals surface area contributed by atoms with Gasteiger partial charge in [-0.15, -0.1) is 35.3 Å². The van der Waals surface area contributed by atoms with Crippen molar-refractivity contribution in [2.45, 2.75) is 187 Å². The Morgan fingerprint density at radius 2 is 1.01 bits per heavy atom. The average Bonchev–Trinajstić information content (AvgIpc) is 4.09. The summed E-state index contributed by atoms with van der Waals surface area (Å²) in [4.78, 5) is 39.4. The van der Waals surface area contributed by atoms with Crippen molar-refractivity contribution in [1.82, 2.24) is 0 Å². The number of ether oxygens (including phenoxy) is 6. The second kappa shape index (κ2) is 44.7. The Morgan fingerprint density at radius 3 is 1.46 bits per heavy atom. The van der Waals surface area contributed by atoms with Crippen LogP contribution in [0.4, 0.5) is 0 Å². The lowest BCUT2D eigenvalue weighted by Crippen LogP contribution is -2.27. The first-order chi connectivity index (χ1) is 38.7. The molecule has 81 heavy (non-hydrogen) atoms. The molecule has 6 rings (SSSR count). The van der Waals surface area contributed by atoms with E-state index in [1.54, 1.807) is 35.7 Å². The Kier molecular flexibility index (Phi) is 40.5. The van der Waals surface area contributed by atoms with E-state index < -0.39 is 0 Å². The van der Waals surface area contributed by atoms with E-state index in [4.69, 9.17) is 28.4 Å². The summed E-state index contributed by atoms with van der Waals surface area (Å²) in [6.45, 7) is 31.8. The second-order valence-electron chi connectivity index (χ2n) is 22.4. The number of carbonyl (C=O) groups is 3. The van der Waals surface area contributed by atoms with Crippen molar-refractivity contribution in [3.05, 3.63) is 144 Å². The molecule has 450 valence electrons. The third-order valence-electron chi connectivity index (χ3n) is 11.4. The van der Waals surface area contributed by atoms with E-state index >= 15 is 0 Å². The summed E-state index contributed by atoms with van der Waals surface area (Å²) in [6.07, 6.45) is 13.3. The van der Waals surface area contributed by atoms with Gasteiger partial charge in [-0.05, 0) is 139 Å². The Hall–Kier alpha value is -3.79. The molecule has 9 nitrogen and oxygen atoms in total. The van der Waals surface area contributed by atoms with Gasteiger partial charge in [-0.1, -0.05) is 158 Å². The first-order valence-corrected chi connectivity index (χ1v) is 33.0. The van der Waals surface area contributed by atoms with Crippen molar-refractivity contribution in [2.24, 2.45) is 29.6 Å². The molecule has 4 aromatic carbocycles. The maximum Gasteiger partial charge on any atom is 0.311 e. The minimum Gasteiger partial charge on any atom is -0.461 e. The first kappa shape index (κ1) is 73.3. The van der Waals surface area contributed by atoms with E-state index in [9.17, 15) is 14.4 Å². The van der Waals surface area contributed by atoms with Gasteiger partial charge in [-0.3, -0.25) is 14.4 Å². The standard InChI is InChI=1S/C20H24O2S2.C14H24O2S.C12H24O2.C11H14O2.C11H14OS/c1-16(2)13-20(21)22-17(14-23-18-9-5-3-6-10-18)15-24-19-11-7-4-8-12-19;1-11(2)15-9-13(16-12(3)4)10-17-14-7-5-6-8-14;1-9(2)11(7-13-10(3)4)5-6-12-8-14-12;2*1-9(2)8-11(12)13-10-6-4-3-5-7-10/h3-12,16-17H,13-15H2,1-2H3;5,7-8,11-13H,6,9-10H2,1-4H3;9-12H,5-8H2,1-4H3;2*3-7,9H,8H2,1-2H3. The molecule has 0 saturated carbocycles. The molecule has 0 bridgehead atoms. The zero-order chi connectivity index (χ0) is 59.8. The molecule has 0 radical (unpaired) electrons. The molecule has 13 heteroatoms. The van der Waals surface area contributed by atoms with E-state index in [-0.39, 0.29) is 41.5 Å². The van der Waals surface area contributed by atoms with Crippen molar-refractivity contribution in [3.63, 3.8) is 0 Å². The van der Waals surface area contributed by atoms with Crippen LogP contribution >= 0.6 is 47.0 Å². The van der Waals surface area contributed by atoms with Crippen LogP contribution in [-0.4, -0.2) is 90.8 Å². The maximum atomic E-state index is 12.0. The Morgan fingerprint density at radius 1 is 0.543 bits per heavy atom. The van der Waals surface area contributed by atoms with E-state index in [2.05, 4.69) is 112 Å². The molecule has 1 aliphatic carbocycles. The van der Waals surface area contributed by atoms with Crippen molar-refractivity contribution < 1.29 is 42.8 Å². The van der Waals surface area contributed by atoms with Crippen molar-refractivity contribution in [1.29, 1.82) is 0 Å². The van der Waals surface area contributed by atoms with Gasteiger partial charge in [0.1, 0.15) is 11.9 Å². The topological polar surface area (TPSA) is 110 Å². The van der Waals surface area contributed by atoms with E-state index in [0.717, 1.165) is 41.8 Å². The van der Waals surface area contributed by atoms with Crippen molar-refractivity contribution in [3.8, 4) is 5.75 Å². The normalized spacial score (nSPS) is 14.1. The maximum absolute atomic E-state index is 12.0. The number of hydrogen-bond donors (Lipinski definition) is 0. The van der Waals surface area contributed by atoms with E-state index in [1.165, 1.54) is 39.3 Å². The van der Waals surface area contributed by atoms with Gasteiger partial charge in [0.2, 0.25) is 0 Å². The quantitative estimate of drug-likeness (QED) is 0.0214. The number of carbonyl (C=O) groups excluding carboxylic acids is 3. The predicted molar refractivity (Wildman–Crippen MR) is 346 cm³/mol. The number of esters is 2. The van der Waals surface area contributed by atoms with E-state index in [0.29, 0.717) is 73.4 Å². The van der Waals surface area contributed by atoms with Gasteiger partial charge in [-0.25, -0.2) is 0 Å². The molecule has 1 heterocycles. The van der Waals surface area contributed by atoms with Gasteiger partial charge in [-0.2, -0.15) is 0 Å². The molecule has 2 aliphatic rings. The van der Waals surface area contributed by atoms with E-state index in [1.807, 2.05) is 124 Å². The Balaban J connectivity index is 0.000000354. The molecule has 3 unspecified atom stereocenters. The third-order valence-corrected chi connectivity index (χ3v) is 15.8. The summed E-state index contributed by atoms with van der Waals surface area (Å²) >= 11 is 6.66. The second-order valence-corrected chi connectivity index (χ2v) is 26.8. The molecule has 1 saturated heterocycles. The first-order valence-electron chi connectivity index (χ1n) is 29.2. The summed E-state index contributed by atoms with van der Waals surface area (Å²) in [5.74, 6) is 5.38. The molecule has 0 aromatic heterocycles. The fourth-order valence-electron chi connectivity index (χ4n) is 7.19. The van der Waals surface area contributed by atoms with Gasteiger partial charge in [0, 0.05) is 62.7 Å². The number of para-hydroxylation sites is 1. The molecule has 4 aromatic rings. The molecule has 1 fully saturated rings. The molecular weight excluding hydrogens is 1090 g/mol. The number of rotatable bonds is 30. The minimum absolute atomic E-state index is 0.0911. The van der Waals surface area contributed by atoms with Gasteiger partial charge >= 0.3 is 11.9 Å². The van der Waals surface area contributed by atoms with Crippen LogP contribution in [0.3, 0.4) is 0 Å². The molecule has 0 spiro atoms. The zero-order valence-corrected chi connectivity index (χ0v) is 54.7. The van der Waals surface area contributed by atoms with Crippen LogP contribution in [-0.2, 0) is 38.1 Å². The SMILES string of the molecule is CC(C)CC(=O)OC(CSc1ccccc1)CSc1ccccc1.CC(C)CC(=O)Oc1ccccc1.CC(C)CC(=O)Sc1ccccc1.CC(C)OCC(CCC1CO1)C(C)C.CC(C)OCC(CSC1=CCC=C1)OC(C)C. The van der Waals surface area contributed by atoms with Crippen molar-refractivity contribution in [2.75, 3.05) is 37.1 Å². The van der Waals surface area contributed by atoms with Gasteiger partial charge < -0.3 is 28.4 Å². The molecule has 1 aliphatic heterocycles. The summed E-state index contributed by atoms with van der Waals surface area (Å²) < 4.78 is 33.2. The summed E-state index contributed by atoms with van der Waals surface area (Å²) in [6, 6.07) is 39.4. The molecule has 0 amide bonds. The minimum atomic E-state index is -0.166. The lowest BCUT2D eigenvalue weighted by atomic mass is 9.91. The smallest absolute Gasteiger partial charge is 0.311 e. The van der Waals surface area contributed by atoms with Crippen LogP contribution in [0.15, 0.2) is 159 Å². The molecule has 3 atom stereocenters. The van der Waals surface area contributed by atoms with Gasteiger partial charge in [0.25, 0.3) is 0 Å². The predicted octanol–water partition coefficient (Wildman–Crippen LogP) is 18.2. The highest BCUT2D eigenvalue weighted by molar-refractivity contribution is 8.13. The highest BCUT2D eigenvalue weighted by Gasteiger charge is 2.25. The van der Waals surface area contributed by atoms with Crippen LogP contribution in [0.2, 0.25) is 0 Å². The number of benzene rings is 4. The highest BCUT2D eigenvalue weighted by atomic mass is 32.2.